The summed E-state index contributed by atoms with van der Waals surface area (Å²) in [4.78, 5) is 23.2. The smallest absolute Gasteiger partial charge is 0.419 e. The molecule has 0 aliphatic heterocycles. The van der Waals surface area contributed by atoms with Gasteiger partial charge in [0.05, 0.1) is 11.1 Å². The predicted molar refractivity (Wildman–Crippen MR) is 70.5 cm³/mol. The third kappa shape index (κ3) is 2.59. The summed E-state index contributed by atoms with van der Waals surface area (Å²) in [5, 5.41) is 9.66. The lowest BCUT2D eigenvalue weighted by Gasteiger charge is -2.19. The van der Waals surface area contributed by atoms with Crippen molar-refractivity contribution in [2.45, 2.75) is 26.4 Å². The first-order valence-electron chi connectivity index (χ1n) is 5.86. The number of para-hydroxylation sites is 1. The van der Waals surface area contributed by atoms with E-state index in [1.54, 1.807) is 45.0 Å². The number of benzene rings is 1. The number of carboxylic acid groups (broad SMARTS) is 1. The molecule has 100 valence electrons. The van der Waals surface area contributed by atoms with E-state index in [2.05, 4.69) is 0 Å². The molecule has 0 saturated carbocycles. The molecule has 0 aliphatic rings. The first kappa shape index (κ1) is 13.1. The third-order valence-corrected chi connectivity index (χ3v) is 2.53. The summed E-state index contributed by atoms with van der Waals surface area (Å²) in [6, 6.07) is 6.83. The SMILES string of the molecule is CC(C)(C)OC(=O)n1cc(C(=O)O)c2ccccc21. The van der Waals surface area contributed by atoms with Crippen LogP contribution in [0.15, 0.2) is 30.5 Å². The number of carbonyl (C=O) groups is 2. The van der Waals surface area contributed by atoms with Gasteiger partial charge in [-0.25, -0.2) is 9.59 Å². The van der Waals surface area contributed by atoms with Crippen molar-refractivity contribution in [3.05, 3.63) is 36.0 Å². The first-order chi connectivity index (χ1) is 8.79. The Bertz CT molecular complexity index is 649. The van der Waals surface area contributed by atoms with Crippen LogP contribution in [0.2, 0.25) is 0 Å². The number of fused-ring (bicyclic) bond motifs is 1. The molecule has 0 fully saturated rings. The Kier molecular flexibility index (Phi) is 3.06. The molecular formula is C14H15NO4. The molecule has 19 heavy (non-hydrogen) atoms. The van der Waals surface area contributed by atoms with E-state index in [1.807, 2.05) is 0 Å². The minimum atomic E-state index is -1.07. The van der Waals surface area contributed by atoms with E-state index < -0.39 is 17.7 Å². The number of aromatic nitrogens is 1. The second-order valence-corrected chi connectivity index (χ2v) is 5.22. The molecule has 0 spiro atoms. The first-order valence-corrected chi connectivity index (χ1v) is 5.86. The number of hydrogen-bond donors (Lipinski definition) is 1. The van der Waals surface area contributed by atoms with E-state index in [-0.39, 0.29) is 5.56 Å². The van der Waals surface area contributed by atoms with Gasteiger partial charge in [-0.05, 0) is 26.8 Å². The number of carbonyl (C=O) groups excluding carboxylic acids is 1. The van der Waals surface area contributed by atoms with Gasteiger partial charge in [-0.2, -0.15) is 0 Å². The predicted octanol–water partition coefficient (Wildman–Crippen LogP) is 3.12. The standard InChI is InChI=1S/C14H15NO4/c1-14(2,3)19-13(18)15-8-10(12(16)17)9-6-4-5-7-11(9)15/h4-8H,1-3H3,(H,16,17). The Hall–Kier alpha value is -2.30. The molecule has 0 atom stereocenters. The number of rotatable bonds is 1. The Morgan fingerprint density at radius 2 is 1.84 bits per heavy atom. The summed E-state index contributed by atoms with van der Waals surface area (Å²) in [5.41, 5.74) is -0.0260. The van der Waals surface area contributed by atoms with Gasteiger partial charge >= 0.3 is 12.1 Å². The van der Waals surface area contributed by atoms with Crippen LogP contribution < -0.4 is 0 Å². The molecule has 5 nitrogen and oxygen atoms in total. The van der Waals surface area contributed by atoms with Crippen LogP contribution in [0.25, 0.3) is 10.9 Å². The van der Waals surface area contributed by atoms with Crippen molar-refractivity contribution >= 4 is 23.0 Å². The van der Waals surface area contributed by atoms with Gasteiger partial charge in [-0.15, -0.1) is 0 Å². The summed E-state index contributed by atoms with van der Waals surface area (Å²) in [6.45, 7) is 5.28. The highest BCUT2D eigenvalue weighted by Crippen LogP contribution is 2.22. The molecule has 0 unspecified atom stereocenters. The second-order valence-electron chi connectivity index (χ2n) is 5.22. The van der Waals surface area contributed by atoms with Crippen molar-refractivity contribution in [3.8, 4) is 0 Å². The molecule has 1 aromatic carbocycles. The van der Waals surface area contributed by atoms with Gasteiger partial charge in [0, 0.05) is 11.6 Å². The van der Waals surface area contributed by atoms with Gasteiger partial charge in [0.2, 0.25) is 0 Å². The van der Waals surface area contributed by atoms with Gasteiger partial charge in [0.1, 0.15) is 5.60 Å². The van der Waals surface area contributed by atoms with E-state index >= 15 is 0 Å². The van der Waals surface area contributed by atoms with Crippen molar-refractivity contribution in [2.24, 2.45) is 0 Å². The summed E-state index contributed by atoms with van der Waals surface area (Å²) in [5.74, 6) is -1.07. The maximum absolute atomic E-state index is 12.1. The monoisotopic (exact) mass is 261 g/mol. The van der Waals surface area contributed by atoms with Gasteiger partial charge in [0.25, 0.3) is 0 Å². The van der Waals surface area contributed by atoms with Crippen molar-refractivity contribution in [2.75, 3.05) is 0 Å². The highest BCUT2D eigenvalue weighted by atomic mass is 16.6. The largest absolute Gasteiger partial charge is 0.478 e. The van der Waals surface area contributed by atoms with Crippen molar-refractivity contribution in [1.82, 2.24) is 4.57 Å². The van der Waals surface area contributed by atoms with Crippen LogP contribution in [-0.2, 0) is 4.74 Å². The molecule has 1 aromatic heterocycles. The second kappa shape index (κ2) is 4.42. The van der Waals surface area contributed by atoms with Crippen LogP contribution >= 0.6 is 0 Å². The van der Waals surface area contributed by atoms with Crippen LogP contribution in [0.1, 0.15) is 31.1 Å². The van der Waals surface area contributed by atoms with Crippen LogP contribution in [0.5, 0.6) is 0 Å². The quantitative estimate of drug-likeness (QED) is 0.856. The zero-order valence-corrected chi connectivity index (χ0v) is 11.0. The molecule has 1 heterocycles. The van der Waals surface area contributed by atoms with Crippen LogP contribution in [-0.4, -0.2) is 27.3 Å². The lowest BCUT2D eigenvalue weighted by atomic mass is 10.2. The number of aromatic carboxylic acids is 1. The maximum atomic E-state index is 12.1. The minimum Gasteiger partial charge on any atom is -0.478 e. The number of ether oxygens (including phenoxy) is 1. The molecule has 0 bridgehead atoms. The molecule has 5 heteroatoms. The van der Waals surface area contributed by atoms with Gasteiger partial charge in [0.15, 0.2) is 0 Å². The molecule has 0 amide bonds. The highest BCUT2D eigenvalue weighted by Gasteiger charge is 2.22. The molecule has 0 saturated heterocycles. The molecule has 1 N–H and O–H groups in total. The molecule has 2 aromatic rings. The van der Waals surface area contributed by atoms with E-state index in [0.29, 0.717) is 10.9 Å². The van der Waals surface area contributed by atoms with Crippen LogP contribution in [0.4, 0.5) is 4.79 Å². The summed E-state index contributed by atoms with van der Waals surface area (Å²) in [6.07, 6.45) is 0.706. The van der Waals surface area contributed by atoms with Gasteiger partial charge < -0.3 is 9.84 Å². The average molecular weight is 261 g/mol. The number of nitrogens with zero attached hydrogens (tertiary/aromatic N) is 1. The fourth-order valence-electron chi connectivity index (χ4n) is 1.81. The van der Waals surface area contributed by atoms with Crippen molar-refractivity contribution in [3.63, 3.8) is 0 Å². The Labute approximate surface area is 110 Å². The molecule has 0 radical (unpaired) electrons. The minimum absolute atomic E-state index is 0.0847. The number of hydrogen-bond acceptors (Lipinski definition) is 3. The molecule has 2 rings (SSSR count). The van der Waals surface area contributed by atoms with E-state index in [1.165, 1.54) is 10.8 Å². The zero-order chi connectivity index (χ0) is 14.2. The summed E-state index contributed by atoms with van der Waals surface area (Å²) >= 11 is 0. The van der Waals surface area contributed by atoms with Crippen LogP contribution in [0.3, 0.4) is 0 Å². The normalized spacial score (nSPS) is 11.5. The summed E-state index contributed by atoms with van der Waals surface area (Å²) < 4.78 is 6.48. The van der Waals surface area contributed by atoms with Crippen molar-refractivity contribution in [1.29, 1.82) is 0 Å². The molecule has 0 aliphatic carbocycles. The van der Waals surface area contributed by atoms with Crippen LogP contribution in [0, 0.1) is 0 Å². The highest BCUT2D eigenvalue weighted by molar-refractivity contribution is 6.05. The molecular weight excluding hydrogens is 246 g/mol. The average Bonchev–Trinajstić information content (AvgIpc) is 2.66. The summed E-state index contributed by atoms with van der Waals surface area (Å²) in [7, 11) is 0. The third-order valence-electron chi connectivity index (χ3n) is 2.53. The topological polar surface area (TPSA) is 68.5 Å². The fraction of sp³-hybridized carbons (Fsp3) is 0.286. The zero-order valence-electron chi connectivity index (χ0n) is 11.0. The van der Waals surface area contributed by atoms with E-state index in [4.69, 9.17) is 9.84 Å². The maximum Gasteiger partial charge on any atom is 0.419 e. The Morgan fingerprint density at radius 3 is 2.42 bits per heavy atom. The van der Waals surface area contributed by atoms with Crippen molar-refractivity contribution < 1.29 is 19.4 Å². The lowest BCUT2D eigenvalue weighted by molar-refractivity contribution is 0.0544. The Morgan fingerprint density at radius 1 is 1.21 bits per heavy atom. The lowest BCUT2D eigenvalue weighted by Crippen LogP contribution is -2.26. The van der Waals surface area contributed by atoms with Gasteiger partial charge in [-0.3, -0.25) is 4.57 Å². The van der Waals surface area contributed by atoms with E-state index in [9.17, 15) is 9.59 Å². The Balaban J connectivity index is 2.55. The van der Waals surface area contributed by atoms with E-state index in [0.717, 1.165) is 0 Å². The van der Waals surface area contributed by atoms with Gasteiger partial charge in [-0.1, -0.05) is 18.2 Å². The number of carboxylic acids is 1. The fourth-order valence-corrected chi connectivity index (χ4v) is 1.81.